The quantitative estimate of drug-likeness (QED) is 0.478. The molecule has 1 heterocycles. The molecule has 1 aromatic carbocycles. The summed E-state index contributed by atoms with van der Waals surface area (Å²) in [6.07, 6.45) is 4.43. The zero-order chi connectivity index (χ0) is 14.0. The first-order chi connectivity index (χ1) is 8.94. The molecular formula is C14H14ClNO2S. The number of benzene rings is 1. The standard InChI is InChI=1S/C14H14ClNO2S/c1-10-3-4-11(2)12(7-10)8-16(17)9-13(15)5-6-14(16)19-18/h3-7,9H,8H2,1-2H3. The highest BCUT2D eigenvalue weighted by molar-refractivity contribution is 7.66. The molecule has 0 N–H and O–H groups in total. The first-order valence-electron chi connectivity index (χ1n) is 5.83. The summed E-state index contributed by atoms with van der Waals surface area (Å²) in [5, 5.41) is 13.2. The van der Waals surface area contributed by atoms with Crippen LogP contribution >= 0.6 is 11.6 Å². The Balaban J connectivity index is 2.43. The molecule has 0 radical (unpaired) electrons. The van der Waals surface area contributed by atoms with Crippen LogP contribution in [0.15, 0.2) is 41.6 Å². The second-order valence-corrected chi connectivity index (χ2v) is 5.67. The fraction of sp³-hybridized carbons (Fsp3) is 0.214. The Morgan fingerprint density at radius 1 is 1.32 bits per heavy atom. The molecule has 0 aromatic heterocycles. The molecule has 0 fully saturated rings. The van der Waals surface area contributed by atoms with Gasteiger partial charge >= 0.3 is 0 Å². The van der Waals surface area contributed by atoms with E-state index in [0.717, 1.165) is 16.7 Å². The fourth-order valence-electron chi connectivity index (χ4n) is 2.02. The van der Waals surface area contributed by atoms with Gasteiger partial charge in [-0.05, 0) is 25.5 Å². The molecule has 100 valence electrons. The molecule has 0 amide bonds. The fourth-order valence-corrected chi connectivity index (χ4v) is 2.61. The van der Waals surface area contributed by atoms with Crippen LogP contribution < -0.4 is 0 Å². The molecule has 3 nitrogen and oxygen atoms in total. The van der Waals surface area contributed by atoms with E-state index in [4.69, 9.17) is 11.6 Å². The third-order valence-corrected chi connectivity index (χ3v) is 3.92. The van der Waals surface area contributed by atoms with Crippen LogP contribution in [0.5, 0.6) is 0 Å². The number of hydroxylamine groups is 3. The van der Waals surface area contributed by atoms with Gasteiger partial charge < -0.3 is 5.21 Å². The van der Waals surface area contributed by atoms with E-state index in [1.165, 1.54) is 12.3 Å². The summed E-state index contributed by atoms with van der Waals surface area (Å²) in [7, 11) is 0. The van der Waals surface area contributed by atoms with Crippen molar-refractivity contribution in [3.05, 3.63) is 63.5 Å². The number of nitrogens with zero attached hydrogens (tertiary/aromatic N) is 1. The molecule has 1 aliphatic rings. The van der Waals surface area contributed by atoms with E-state index in [9.17, 15) is 9.42 Å². The molecule has 0 saturated heterocycles. The Kier molecular flexibility index (Phi) is 4.06. The molecule has 1 aromatic rings. The highest BCUT2D eigenvalue weighted by Crippen LogP contribution is 2.25. The van der Waals surface area contributed by atoms with Crippen molar-refractivity contribution in [2.75, 3.05) is 0 Å². The van der Waals surface area contributed by atoms with Gasteiger partial charge in [-0.3, -0.25) is 4.65 Å². The molecule has 0 saturated carbocycles. The summed E-state index contributed by atoms with van der Waals surface area (Å²) >= 11 is 6.12. The van der Waals surface area contributed by atoms with Crippen molar-refractivity contribution in [3.63, 3.8) is 0 Å². The van der Waals surface area contributed by atoms with E-state index >= 15 is 0 Å². The molecule has 1 atom stereocenters. The van der Waals surface area contributed by atoms with Gasteiger partial charge in [0.05, 0.1) is 5.03 Å². The Morgan fingerprint density at radius 3 is 2.74 bits per heavy atom. The topological polar surface area (TPSA) is 40.1 Å². The molecule has 1 unspecified atom stereocenters. The Hall–Kier alpha value is -1.20. The van der Waals surface area contributed by atoms with Gasteiger partial charge in [0.15, 0.2) is 11.3 Å². The van der Waals surface area contributed by atoms with Crippen LogP contribution in [0.25, 0.3) is 0 Å². The smallest absolute Gasteiger partial charge is 0.231 e. The van der Waals surface area contributed by atoms with Gasteiger partial charge in [-0.1, -0.05) is 35.4 Å². The first kappa shape index (κ1) is 14.2. The predicted octanol–water partition coefficient (Wildman–Crippen LogP) is 3.11. The number of quaternary nitrogens is 1. The highest BCUT2D eigenvalue weighted by Gasteiger charge is 2.26. The lowest BCUT2D eigenvalue weighted by molar-refractivity contribution is -0.744. The maximum atomic E-state index is 12.8. The van der Waals surface area contributed by atoms with Crippen LogP contribution in [0.2, 0.25) is 0 Å². The maximum Gasteiger partial charge on any atom is 0.231 e. The summed E-state index contributed by atoms with van der Waals surface area (Å²) in [6.45, 7) is 4.11. The van der Waals surface area contributed by atoms with Crippen LogP contribution in [0.4, 0.5) is 0 Å². The largest absolute Gasteiger partial charge is 0.621 e. The lowest BCUT2D eigenvalue weighted by Crippen LogP contribution is -2.42. The summed E-state index contributed by atoms with van der Waals surface area (Å²) < 4.78 is 10.3. The minimum atomic E-state index is -0.826. The van der Waals surface area contributed by atoms with E-state index in [0.29, 0.717) is 5.03 Å². The van der Waals surface area contributed by atoms with Crippen LogP contribution in [-0.2, 0) is 17.8 Å². The minimum Gasteiger partial charge on any atom is -0.621 e. The average Bonchev–Trinajstić information content (AvgIpc) is 2.33. The van der Waals surface area contributed by atoms with Gasteiger partial charge in [-0.2, -0.15) is 0 Å². The third kappa shape index (κ3) is 3.04. The van der Waals surface area contributed by atoms with Gasteiger partial charge in [0.2, 0.25) is 4.99 Å². The van der Waals surface area contributed by atoms with Crippen LogP contribution in [0.1, 0.15) is 16.7 Å². The number of rotatable bonds is 2. The summed E-state index contributed by atoms with van der Waals surface area (Å²) in [6, 6.07) is 5.95. The molecule has 0 spiro atoms. The lowest BCUT2D eigenvalue weighted by atomic mass is 10.0. The minimum absolute atomic E-state index is 0.179. The summed E-state index contributed by atoms with van der Waals surface area (Å²) in [4.78, 5) is 0.199. The van der Waals surface area contributed by atoms with Crippen molar-refractivity contribution in [1.29, 1.82) is 0 Å². The van der Waals surface area contributed by atoms with Crippen LogP contribution in [0, 0.1) is 19.1 Å². The van der Waals surface area contributed by atoms with Gasteiger partial charge in [-0.15, -0.1) is 0 Å². The van der Waals surface area contributed by atoms with Crippen molar-refractivity contribution in [2.24, 2.45) is 0 Å². The van der Waals surface area contributed by atoms with E-state index in [1.807, 2.05) is 32.0 Å². The second-order valence-electron chi connectivity index (χ2n) is 4.65. The lowest BCUT2D eigenvalue weighted by Gasteiger charge is -2.39. The zero-order valence-electron chi connectivity index (χ0n) is 10.7. The number of hydrogen-bond acceptors (Lipinski definition) is 2. The maximum absolute atomic E-state index is 12.8. The van der Waals surface area contributed by atoms with Gasteiger partial charge in [-0.25, -0.2) is 4.21 Å². The monoisotopic (exact) mass is 295 g/mol. The van der Waals surface area contributed by atoms with Crippen LogP contribution in [0.3, 0.4) is 0 Å². The SMILES string of the molecule is Cc1ccc(C)c(C[N+]2([O-])C=C(Cl)C=CC2=S=O)c1. The summed E-state index contributed by atoms with van der Waals surface area (Å²) in [5.74, 6) is 0. The zero-order valence-corrected chi connectivity index (χ0v) is 12.3. The Morgan fingerprint density at radius 2 is 2.05 bits per heavy atom. The number of aryl methyl sites for hydroxylation is 2. The number of halogens is 1. The Bertz CT molecular complexity index is 632. The van der Waals surface area contributed by atoms with Crippen LogP contribution in [-0.4, -0.2) is 13.8 Å². The normalized spacial score (nSPS) is 22.3. The summed E-state index contributed by atoms with van der Waals surface area (Å²) in [5.41, 5.74) is 3.05. The third-order valence-electron chi connectivity index (χ3n) is 3.09. The van der Waals surface area contributed by atoms with Crippen molar-refractivity contribution in [2.45, 2.75) is 20.4 Å². The molecular weight excluding hydrogens is 282 g/mol. The van der Waals surface area contributed by atoms with Crippen molar-refractivity contribution < 1.29 is 8.86 Å². The van der Waals surface area contributed by atoms with Gasteiger partial charge in [0, 0.05) is 11.6 Å². The first-order valence-corrected chi connectivity index (χ1v) is 6.95. The second kappa shape index (κ2) is 5.43. The van der Waals surface area contributed by atoms with Gasteiger partial charge in [0.1, 0.15) is 12.7 Å². The number of hydrogen-bond donors (Lipinski definition) is 0. The molecule has 2 rings (SSSR count). The van der Waals surface area contributed by atoms with Crippen molar-refractivity contribution in [1.82, 2.24) is 0 Å². The molecule has 19 heavy (non-hydrogen) atoms. The van der Waals surface area contributed by atoms with Crippen molar-refractivity contribution in [3.8, 4) is 0 Å². The van der Waals surface area contributed by atoms with E-state index in [-0.39, 0.29) is 22.8 Å². The number of allylic oxidation sites excluding steroid dienone is 2. The van der Waals surface area contributed by atoms with E-state index < -0.39 is 4.65 Å². The molecule has 0 aliphatic carbocycles. The predicted molar refractivity (Wildman–Crippen MR) is 79.5 cm³/mol. The molecule has 5 heteroatoms. The Labute approximate surface area is 121 Å². The van der Waals surface area contributed by atoms with Crippen molar-refractivity contribution >= 4 is 27.8 Å². The van der Waals surface area contributed by atoms with Gasteiger partial charge in [0.25, 0.3) is 0 Å². The van der Waals surface area contributed by atoms with E-state index in [2.05, 4.69) is 0 Å². The molecule has 0 bridgehead atoms. The highest BCUT2D eigenvalue weighted by atomic mass is 35.5. The molecule has 1 aliphatic heterocycles. The average molecular weight is 296 g/mol. The van der Waals surface area contributed by atoms with E-state index in [1.54, 1.807) is 6.08 Å².